The average molecular weight is 411 g/mol. The summed E-state index contributed by atoms with van der Waals surface area (Å²) < 4.78 is 41.3. The first kappa shape index (κ1) is 18.6. The van der Waals surface area contributed by atoms with Crippen molar-refractivity contribution in [1.82, 2.24) is 19.1 Å². The average Bonchev–Trinajstić information content (AvgIpc) is 3.33. The molecule has 1 unspecified atom stereocenters. The van der Waals surface area contributed by atoms with E-state index in [1.807, 2.05) is 17.7 Å². The van der Waals surface area contributed by atoms with Gasteiger partial charge in [0.25, 0.3) is 0 Å². The normalized spacial score (nSPS) is 20.1. The van der Waals surface area contributed by atoms with Gasteiger partial charge in [0.15, 0.2) is 22.5 Å². The molecule has 0 N–H and O–H groups in total. The highest BCUT2D eigenvalue weighted by atomic mass is 32.2. The minimum absolute atomic E-state index is 0.214. The lowest BCUT2D eigenvalue weighted by atomic mass is 10.2. The number of benzene rings is 1. The molecule has 1 aromatic heterocycles. The number of hydrogen-bond donors (Lipinski definition) is 0. The zero-order valence-corrected chi connectivity index (χ0v) is 16.9. The van der Waals surface area contributed by atoms with Crippen LogP contribution in [0.5, 0.6) is 11.5 Å². The molecule has 10 heteroatoms. The van der Waals surface area contributed by atoms with Crippen molar-refractivity contribution in [3.8, 4) is 11.5 Å². The van der Waals surface area contributed by atoms with Crippen molar-refractivity contribution < 1.29 is 17.9 Å². The van der Waals surface area contributed by atoms with E-state index < -0.39 is 10.0 Å². The Kier molecular flexibility index (Phi) is 5.04. The Morgan fingerprint density at radius 3 is 2.74 bits per heavy atom. The predicted octanol–water partition coefficient (Wildman–Crippen LogP) is 2.32. The maximum atomic E-state index is 13.3. The smallest absolute Gasteiger partial charge is 0.243 e. The molecular formula is C17H22N4O4S2. The van der Waals surface area contributed by atoms with E-state index in [1.165, 1.54) is 11.8 Å². The van der Waals surface area contributed by atoms with Crippen LogP contribution in [0.4, 0.5) is 0 Å². The summed E-state index contributed by atoms with van der Waals surface area (Å²) in [5.41, 5.74) is 0. The molecule has 3 heterocycles. The first-order valence-electron chi connectivity index (χ1n) is 8.95. The van der Waals surface area contributed by atoms with E-state index in [1.54, 1.807) is 22.5 Å². The van der Waals surface area contributed by atoms with Gasteiger partial charge in [0.2, 0.25) is 10.0 Å². The third kappa shape index (κ3) is 3.19. The summed E-state index contributed by atoms with van der Waals surface area (Å²) in [7, 11) is -3.68. The predicted molar refractivity (Wildman–Crippen MR) is 101 cm³/mol. The highest BCUT2D eigenvalue weighted by molar-refractivity contribution is 7.98. The van der Waals surface area contributed by atoms with Crippen LogP contribution in [0.1, 0.15) is 31.6 Å². The van der Waals surface area contributed by atoms with Gasteiger partial charge in [0.1, 0.15) is 13.2 Å². The van der Waals surface area contributed by atoms with Crippen molar-refractivity contribution in [1.29, 1.82) is 0 Å². The molecule has 1 aromatic carbocycles. The Balaban J connectivity index is 1.70. The second-order valence-electron chi connectivity index (χ2n) is 6.37. The molecule has 1 saturated heterocycles. The fourth-order valence-electron chi connectivity index (χ4n) is 3.60. The molecule has 0 amide bonds. The van der Waals surface area contributed by atoms with Gasteiger partial charge < -0.3 is 14.0 Å². The first-order chi connectivity index (χ1) is 13.1. The number of fused-ring (bicyclic) bond motifs is 1. The van der Waals surface area contributed by atoms with Crippen LogP contribution in [0.15, 0.2) is 28.3 Å². The van der Waals surface area contributed by atoms with Crippen molar-refractivity contribution >= 4 is 21.8 Å². The number of aromatic nitrogens is 3. The van der Waals surface area contributed by atoms with Crippen molar-refractivity contribution in [2.45, 2.75) is 42.4 Å². The number of sulfonamides is 1. The zero-order chi connectivity index (χ0) is 19.0. The van der Waals surface area contributed by atoms with Crippen LogP contribution in [-0.4, -0.2) is 53.5 Å². The Hall–Kier alpha value is -1.78. The topological polar surface area (TPSA) is 86.6 Å². The molecule has 2 aromatic rings. The molecule has 4 rings (SSSR count). The minimum Gasteiger partial charge on any atom is -0.486 e. The summed E-state index contributed by atoms with van der Waals surface area (Å²) in [5, 5.41) is 9.33. The zero-order valence-electron chi connectivity index (χ0n) is 15.3. The van der Waals surface area contributed by atoms with E-state index in [-0.39, 0.29) is 10.9 Å². The molecule has 0 radical (unpaired) electrons. The summed E-state index contributed by atoms with van der Waals surface area (Å²) in [4.78, 5) is 0.214. The van der Waals surface area contributed by atoms with Crippen LogP contribution < -0.4 is 9.47 Å². The van der Waals surface area contributed by atoms with Crippen molar-refractivity contribution in [3.05, 3.63) is 24.0 Å². The van der Waals surface area contributed by atoms with Gasteiger partial charge in [-0.2, -0.15) is 4.31 Å². The van der Waals surface area contributed by atoms with E-state index in [2.05, 4.69) is 10.2 Å². The molecular weight excluding hydrogens is 388 g/mol. The van der Waals surface area contributed by atoms with Gasteiger partial charge >= 0.3 is 0 Å². The molecule has 146 valence electrons. The molecule has 0 saturated carbocycles. The lowest BCUT2D eigenvalue weighted by Crippen LogP contribution is -2.32. The molecule has 1 fully saturated rings. The third-order valence-electron chi connectivity index (χ3n) is 4.87. The van der Waals surface area contributed by atoms with Gasteiger partial charge in [-0.05, 0) is 38.2 Å². The second-order valence-corrected chi connectivity index (χ2v) is 9.03. The van der Waals surface area contributed by atoms with Gasteiger partial charge in [-0.25, -0.2) is 8.42 Å². The van der Waals surface area contributed by atoms with E-state index in [9.17, 15) is 8.42 Å². The molecule has 0 bridgehead atoms. The van der Waals surface area contributed by atoms with E-state index in [0.717, 1.165) is 18.0 Å². The number of rotatable bonds is 5. The van der Waals surface area contributed by atoms with Crippen LogP contribution in [-0.2, 0) is 16.6 Å². The van der Waals surface area contributed by atoms with Crippen molar-refractivity contribution in [3.63, 3.8) is 0 Å². The van der Waals surface area contributed by atoms with Gasteiger partial charge in [-0.3, -0.25) is 0 Å². The maximum absolute atomic E-state index is 13.3. The quantitative estimate of drug-likeness (QED) is 0.699. The fourth-order valence-corrected chi connectivity index (χ4v) is 5.84. The summed E-state index contributed by atoms with van der Waals surface area (Å²) in [6.07, 6.45) is 3.47. The SMILES string of the molecule is CCn1c(SC)nnc1C1CCCN1S(=O)(=O)c1ccc2c(c1)OCCO2. The largest absolute Gasteiger partial charge is 0.486 e. The molecule has 2 aliphatic heterocycles. The van der Waals surface area contributed by atoms with E-state index in [0.29, 0.717) is 43.6 Å². The van der Waals surface area contributed by atoms with Gasteiger partial charge in [0.05, 0.1) is 10.9 Å². The molecule has 0 aliphatic carbocycles. The minimum atomic E-state index is -3.68. The molecule has 2 aliphatic rings. The summed E-state index contributed by atoms with van der Waals surface area (Å²) in [6, 6.07) is 4.48. The molecule has 0 spiro atoms. The van der Waals surface area contributed by atoms with Gasteiger partial charge in [-0.1, -0.05) is 11.8 Å². The number of hydrogen-bond acceptors (Lipinski definition) is 7. The number of thioether (sulfide) groups is 1. The van der Waals surface area contributed by atoms with Gasteiger partial charge in [-0.15, -0.1) is 10.2 Å². The molecule has 27 heavy (non-hydrogen) atoms. The Labute approximate surface area is 162 Å². The lowest BCUT2D eigenvalue weighted by molar-refractivity contribution is 0.171. The van der Waals surface area contributed by atoms with Crippen LogP contribution in [0.25, 0.3) is 0 Å². The second kappa shape index (κ2) is 7.33. The Morgan fingerprint density at radius 1 is 1.22 bits per heavy atom. The maximum Gasteiger partial charge on any atom is 0.243 e. The van der Waals surface area contributed by atoms with Crippen LogP contribution in [0, 0.1) is 0 Å². The van der Waals surface area contributed by atoms with Gasteiger partial charge in [0, 0.05) is 19.2 Å². The van der Waals surface area contributed by atoms with Crippen LogP contribution in [0.3, 0.4) is 0 Å². The lowest BCUT2D eigenvalue weighted by Gasteiger charge is -2.25. The number of nitrogens with zero attached hydrogens (tertiary/aromatic N) is 4. The highest BCUT2D eigenvalue weighted by Gasteiger charge is 2.39. The molecule has 8 nitrogen and oxygen atoms in total. The Morgan fingerprint density at radius 2 is 2.00 bits per heavy atom. The van der Waals surface area contributed by atoms with Crippen LogP contribution in [0.2, 0.25) is 0 Å². The summed E-state index contributed by atoms with van der Waals surface area (Å²) in [6.45, 7) is 4.07. The monoisotopic (exact) mass is 410 g/mol. The Bertz CT molecular complexity index is 944. The third-order valence-corrected chi connectivity index (χ3v) is 7.44. The standard InChI is InChI=1S/C17H22N4O4S2/c1-3-20-16(18-19-17(20)26-2)13-5-4-8-21(13)27(22,23)12-6-7-14-15(11-12)25-10-9-24-14/h6-7,11,13H,3-5,8-10H2,1-2H3. The van der Waals surface area contributed by atoms with Crippen LogP contribution >= 0.6 is 11.8 Å². The molecule has 1 atom stereocenters. The van der Waals surface area contributed by atoms with Crippen molar-refractivity contribution in [2.24, 2.45) is 0 Å². The van der Waals surface area contributed by atoms with E-state index in [4.69, 9.17) is 9.47 Å². The summed E-state index contributed by atoms with van der Waals surface area (Å²) >= 11 is 1.51. The van der Waals surface area contributed by atoms with E-state index >= 15 is 0 Å². The highest BCUT2D eigenvalue weighted by Crippen LogP contribution is 2.39. The first-order valence-corrected chi connectivity index (χ1v) is 11.6. The number of ether oxygens (including phenoxy) is 2. The van der Waals surface area contributed by atoms with Crippen molar-refractivity contribution in [2.75, 3.05) is 26.0 Å². The summed E-state index contributed by atoms with van der Waals surface area (Å²) in [5.74, 6) is 1.76. The fraction of sp³-hybridized carbons (Fsp3) is 0.529.